The Balaban J connectivity index is 1.24. The molecular weight excluding hydrogens is 639 g/mol. The van der Waals surface area contributed by atoms with E-state index < -0.39 is 12.1 Å². The number of hydrogen-bond donors (Lipinski definition) is 3. The van der Waals surface area contributed by atoms with Crippen molar-refractivity contribution in [2.75, 3.05) is 30.2 Å². The number of urea groups is 1. The zero-order chi connectivity index (χ0) is 34.5. The molecule has 0 spiro atoms. The summed E-state index contributed by atoms with van der Waals surface area (Å²) >= 11 is 1.52. The molecule has 3 N–H and O–H groups in total. The molecule has 3 amide bonds. The van der Waals surface area contributed by atoms with Gasteiger partial charge in [0.1, 0.15) is 22.2 Å². The van der Waals surface area contributed by atoms with Gasteiger partial charge in [-0.15, -0.1) is 11.3 Å². The van der Waals surface area contributed by atoms with E-state index in [1.165, 1.54) is 25.6 Å². The molecule has 0 aliphatic heterocycles. The van der Waals surface area contributed by atoms with Crippen molar-refractivity contribution in [3.05, 3.63) is 108 Å². The summed E-state index contributed by atoms with van der Waals surface area (Å²) in [5.74, 6) is 1.50. The van der Waals surface area contributed by atoms with Crippen LogP contribution in [0.4, 0.5) is 26.7 Å². The number of amides is 3. The predicted molar refractivity (Wildman–Crippen MR) is 195 cm³/mol. The first-order valence-electron chi connectivity index (χ1n) is 15.5. The molecule has 2 aromatic heterocycles. The van der Waals surface area contributed by atoms with Crippen LogP contribution in [0.2, 0.25) is 0 Å². The Morgan fingerprint density at radius 2 is 1.45 bits per heavy atom. The van der Waals surface area contributed by atoms with Gasteiger partial charge in [0.15, 0.2) is 5.75 Å². The molecule has 49 heavy (non-hydrogen) atoms. The molecule has 0 bridgehead atoms. The molecule has 0 radical (unpaired) electrons. The molecule has 2 heterocycles. The maximum Gasteiger partial charge on any atom is 0.411 e. The number of methoxy groups -OCH3 is 2. The third-order valence-electron chi connectivity index (χ3n) is 7.71. The van der Waals surface area contributed by atoms with Gasteiger partial charge in [-0.1, -0.05) is 75.4 Å². The van der Waals surface area contributed by atoms with Gasteiger partial charge >= 0.3 is 12.1 Å². The molecule has 0 fully saturated rings. The number of hydrogen-bond acceptors (Lipinski definition) is 8. The Labute approximate surface area is 288 Å². The van der Waals surface area contributed by atoms with E-state index in [1.807, 2.05) is 98.9 Å². The molecular formula is C38H35N5O5S. The first-order valence-corrected chi connectivity index (χ1v) is 16.3. The minimum Gasteiger partial charge on any atom is -0.492 e. The molecule has 0 aliphatic rings. The molecule has 248 valence electrons. The van der Waals surface area contributed by atoms with Gasteiger partial charge in [0.25, 0.3) is 0 Å². The summed E-state index contributed by atoms with van der Waals surface area (Å²) in [6.45, 7) is 6.10. The van der Waals surface area contributed by atoms with Crippen LogP contribution in [0.25, 0.3) is 32.7 Å². The van der Waals surface area contributed by atoms with E-state index >= 15 is 0 Å². The van der Waals surface area contributed by atoms with Crippen molar-refractivity contribution in [2.24, 2.45) is 0 Å². The quantitative estimate of drug-likeness (QED) is 0.147. The van der Waals surface area contributed by atoms with E-state index in [0.29, 0.717) is 34.3 Å². The lowest BCUT2D eigenvalue weighted by Gasteiger charge is -2.24. The van der Waals surface area contributed by atoms with Gasteiger partial charge in [0.2, 0.25) is 0 Å². The Hall–Kier alpha value is -5.94. The van der Waals surface area contributed by atoms with Gasteiger partial charge in [-0.2, -0.15) is 0 Å². The van der Waals surface area contributed by atoms with Crippen molar-refractivity contribution < 1.29 is 23.8 Å². The summed E-state index contributed by atoms with van der Waals surface area (Å²) in [4.78, 5) is 34.9. The smallest absolute Gasteiger partial charge is 0.411 e. The van der Waals surface area contributed by atoms with Crippen LogP contribution < -0.4 is 25.4 Å². The largest absolute Gasteiger partial charge is 0.492 e. The average Bonchev–Trinajstić information content (AvgIpc) is 3.60. The molecule has 6 aromatic rings. The van der Waals surface area contributed by atoms with E-state index in [0.717, 1.165) is 32.6 Å². The van der Waals surface area contributed by atoms with E-state index in [1.54, 1.807) is 24.4 Å². The van der Waals surface area contributed by atoms with Crippen LogP contribution in [0, 0.1) is 0 Å². The van der Waals surface area contributed by atoms with E-state index in [2.05, 4.69) is 20.9 Å². The van der Waals surface area contributed by atoms with E-state index in [9.17, 15) is 9.59 Å². The van der Waals surface area contributed by atoms with Crippen LogP contribution in [0.15, 0.2) is 103 Å². The standard InChI is InChI=1S/C38H35N5O5S/c1-38(2,3)24-19-29(34(46-4)30(20-24)43-37(45)47-5)42-36(44)41-28-15-16-33(27-14-10-9-13-26(27)28)48-25-17-18-39-31(21-25)35-40-32(22-49-35)23-11-7-6-8-12-23/h6-22H,1-5H3,(H,43,45)(H2,41,42,44). The lowest BCUT2D eigenvalue weighted by molar-refractivity contribution is 0.187. The molecule has 0 unspecified atom stereocenters. The second-order valence-electron chi connectivity index (χ2n) is 12.1. The van der Waals surface area contributed by atoms with Gasteiger partial charge in [-0.3, -0.25) is 10.3 Å². The molecule has 0 atom stereocenters. The molecule has 0 aliphatic carbocycles. The second kappa shape index (κ2) is 14.0. The van der Waals surface area contributed by atoms with Crippen LogP contribution >= 0.6 is 11.3 Å². The summed E-state index contributed by atoms with van der Waals surface area (Å²) in [5, 5.41) is 12.9. The monoisotopic (exact) mass is 673 g/mol. The van der Waals surface area contributed by atoms with Crippen molar-refractivity contribution in [1.82, 2.24) is 9.97 Å². The fraction of sp³-hybridized carbons (Fsp3) is 0.158. The summed E-state index contributed by atoms with van der Waals surface area (Å²) in [7, 11) is 2.75. The first kappa shape index (κ1) is 33.0. The highest BCUT2D eigenvalue weighted by molar-refractivity contribution is 7.13. The van der Waals surface area contributed by atoms with E-state index in [4.69, 9.17) is 19.2 Å². The van der Waals surface area contributed by atoms with Gasteiger partial charge in [-0.25, -0.2) is 14.6 Å². The van der Waals surface area contributed by atoms with Gasteiger partial charge in [-0.05, 0) is 41.3 Å². The SMILES string of the molecule is COC(=O)Nc1cc(C(C)(C)C)cc(NC(=O)Nc2ccc(Oc3ccnc(-c4nc(-c5ccccc5)cs4)c3)c3ccccc23)c1OC. The highest BCUT2D eigenvalue weighted by atomic mass is 32.1. The zero-order valence-electron chi connectivity index (χ0n) is 27.7. The van der Waals surface area contributed by atoms with Crippen LogP contribution in [-0.2, 0) is 10.2 Å². The highest BCUT2D eigenvalue weighted by Gasteiger charge is 2.22. The fourth-order valence-corrected chi connectivity index (χ4v) is 6.02. The van der Waals surface area contributed by atoms with Crippen LogP contribution in [0.3, 0.4) is 0 Å². The number of carbonyl (C=O) groups is 2. The molecule has 4 aromatic carbocycles. The number of nitrogens with zero attached hydrogens (tertiary/aromatic N) is 2. The summed E-state index contributed by atoms with van der Waals surface area (Å²) in [6, 6.07) is 28.1. The minimum atomic E-state index is -0.656. The van der Waals surface area contributed by atoms with Crippen molar-refractivity contribution in [1.29, 1.82) is 0 Å². The summed E-state index contributed by atoms with van der Waals surface area (Å²) < 4.78 is 16.8. The third kappa shape index (κ3) is 7.47. The topological polar surface area (TPSA) is 124 Å². The Kier molecular flexibility index (Phi) is 9.45. The maximum atomic E-state index is 13.5. The summed E-state index contributed by atoms with van der Waals surface area (Å²) in [5.41, 5.74) is 4.55. The van der Waals surface area contributed by atoms with Crippen molar-refractivity contribution >= 4 is 51.3 Å². The highest BCUT2D eigenvalue weighted by Crippen LogP contribution is 2.40. The van der Waals surface area contributed by atoms with Gasteiger partial charge in [0.05, 0.1) is 37.0 Å². The van der Waals surface area contributed by atoms with Gasteiger partial charge < -0.3 is 24.8 Å². The van der Waals surface area contributed by atoms with Crippen molar-refractivity contribution in [3.63, 3.8) is 0 Å². The average molecular weight is 674 g/mol. The zero-order valence-corrected chi connectivity index (χ0v) is 28.5. The number of nitrogens with one attached hydrogen (secondary N) is 3. The van der Waals surface area contributed by atoms with Crippen molar-refractivity contribution in [2.45, 2.75) is 26.2 Å². The maximum absolute atomic E-state index is 13.5. The number of benzene rings is 4. The number of fused-ring (bicyclic) bond motifs is 1. The number of anilines is 3. The normalized spacial score (nSPS) is 11.1. The predicted octanol–water partition coefficient (Wildman–Crippen LogP) is 9.95. The first-order chi connectivity index (χ1) is 23.6. The van der Waals surface area contributed by atoms with Crippen molar-refractivity contribution in [3.8, 4) is 39.2 Å². The Morgan fingerprint density at radius 3 is 2.16 bits per heavy atom. The molecule has 0 saturated heterocycles. The second-order valence-corrected chi connectivity index (χ2v) is 12.9. The molecule has 11 heteroatoms. The van der Waals surface area contributed by atoms with Crippen LogP contribution in [0.5, 0.6) is 17.2 Å². The Bertz CT molecular complexity index is 2140. The number of pyridine rings is 1. The third-order valence-corrected chi connectivity index (χ3v) is 8.58. The Morgan fingerprint density at radius 1 is 0.755 bits per heavy atom. The van der Waals surface area contributed by atoms with Crippen LogP contribution in [-0.4, -0.2) is 36.3 Å². The summed E-state index contributed by atoms with van der Waals surface area (Å²) in [6.07, 6.45) is 1.04. The fourth-order valence-electron chi connectivity index (χ4n) is 5.23. The number of carbonyl (C=O) groups excluding carboxylic acids is 2. The lowest BCUT2D eigenvalue weighted by atomic mass is 9.86. The number of ether oxygens (including phenoxy) is 3. The molecule has 10 nitrogen and oxygen atoms in total. The number of thiazole rings is 1. The minimum absolute atomic E-state index is 0.285. The number of aromatic nitrogens is 2. The van der Waals surface area contributed by atoms with Crippen LogP contribution in [0.1, 0.15) is 26.3 Å². The van der Waals surface area contributed by atoms with E-state index in [-0.39, 0.29) is 11.2 Å². The van der Waals surface area contributed by atoms with Gasteiger partial charge in [0, 0.05) is 34.0 Å². The number of rotatable bonds is 8. The molecule has 0 saturated carbocycles. The lowest BCUT2D eigenvalue weighted by Crippen LogP contribution is -2.22. The molecule has 6 rings (SSSR count).